The van der Waals surface area contributed by atoms with Crippen molar-refractivity contribution in [3.8, 4) is 0 Å². The first-order chi connectivity index (χ1) is 3.29. The second-order valence-electron chi connectivity index (χ2n) is 1.43. The molecule has 0 aromatic carbocycles. The van der Waals surface area contributed by atoms with Gasteiger partial charge in [0.1, 0.15) is 0 Å². The quantitative estimate of drug-likeness (QED) is 0.613. The Morgan fingerprint density at radius 2 is 2.11 bits per heavy atom. The summed E-state index contributed by atoms with van der Waals surface area (Å²) in [7, 11) is 0. The highest BCUT2D eigenvalue weighted by atomic mass is 35.5. The van der Waals surface area contributed by atoms with Crippen LogP contribution in [0.4, 0.5) is 5.95 Å². The van der Waals surface area contributed by atoms with Gasteiger partial charge < -0.3 is 10.7 Å². The van der Waals surface area contributed by atoms with E-state index < -0.39 is 0 Å². The molecule has 0 spiro atoms. The number of aryl methyl sites for hydroxylation is 1. The van der Waals surface area contributed by atoms with Gasteiger partial charge in [-0.3, -0.25) is 0 Å². The van der Waals surface area contributed by atoms with Crippen molar-refractivity contribution < 1.29 is 0 Å². The van der Waals surface area contributed by atoms with E-state index in [1.165, 1.54) is 0 Å². The molecule has 54 valence electrons. The average molecular weight is 170 g/mol. The molecule has 0 saturated heterocycles. The number of hydrogen-bond acceptors (Lipinski definition) is 2. The molecule has 0 unspecified atom stereocenters. The summed E-state index contributed by atoms with van der Waals surface area (Å²) in [4.78, 5) is 6.57. The molecule has 5 heteroatoms. The molecule has 1 aromatic rings. The largest absolute Gasteiger partial charge is 0.369 e. The van der Waals surface area contributed by atoms with Gasteiger partial charge >= 0.3 is 0 Å². The van der Waals surface area contributed by atoms with Crippen molar-refractivity contribution in [2.75, 3.05) is 5.73 Å². The molecule has 3 nitrogen and oxygen atoms in total. The van der Waals surface area contributed by atoms with E-state index in [9.17, 15) is 0 Å². The standard InChI is InChI=1S/C4H7N3.2ClH/c1-3-2-6-4(5)7-3;;/h2H,1H3,(H3,5,6,7);2*1H. The van der Waals surface area contributed by atoms with Gasteiger partial charge in [-0.2, -0.15) is 0 Å². The molecule has 0 amide bonds. The molecule has 0 saturated carbocycles. The van der Waals surface area contributed by atoms with Gasteiger partial charge in [0.2, 0.25) is 0 Å². The monoisotopic (exact) mass is 169 g/mol. The van der Waals surface area contributed by atoms with Crippen LogP contribution in [-0.2, 0) is 0 Å². The molecule has 0 fully saturated rings. The van der Waals surface area contributed by atoms with Crippen LogP contribution < -0.4 is 5.73 Å². The topological polar surface area (TPSA) is 54.7 Å². The van der Waals surface area contributed by atoms with Gasteiger partial charge in [0.05, 0.1) is 5.69 Å². The summed E-state index contributed by atoms with van der Waals surface area (Å²) in [5, 5.41) is 0. The summed E-state index contributed by atoms with van der Waals surface area (Å²) in [6.07, 6.45) is 1.76. The summed E-state index contributed by atoms with van der Waals surface area (Å²) in [5.74, 6) is 0.484. The van der Waals surface area contributed by atoms with Crippen LogP contribution in [0.1, 0.15) is 5.69 Å². The highest BCUT2D eigenvalue weighted by Gasteiger charge is 1.84. The van der Waals surface area contributed by atoms with Crippen molar-refractivity contribution >= 4 is 30.8 Å². The molecule has 0 radical (unpaired) electrons. The predicted octanol–water partition coefficient (Wildman–Crippen LogP) is 1.14. The molecule has 0 aliphatic rings. The van der Waals surface area contributed by atoms with Gasteiger partial charge in [-0.05, 0) is 6.92 Å². The Kier molecular flexibility index (Phi) is 5.66. The Labute approximate surface area is 65.9 Å². The van der Waals surface area contributed by atoms with E-state index in [1.54, 1.807) is 6.20 Å². The van der Waals surface area contributed by atoms with E-state index in [-0.39, 0.29) is 24.8 Å². The van der Waals surface area contributed by atoms with Crippen LogP contribution in [0.3, 0.4) is 0 Å². The number of H-pyrrole nitrogens is 1. The lowest BCUT2D eigenvalue weighted by Crippen LogP contribution is -1.84. The Bertz CT molecular complexity index is 146. The summed E-state index contributed by atoms with van der Waals surface area (Å²) in [5.41, 5.74) is 6.14. The first-order valence-electron chi connectivity index (χ1n) is 2.06. The Morgan fingerprint density at radius 3 is 2.22 bits per heavy atom. The van der Waals surface area contributed by atoms with Gasteiger partial charge in [0, 0.05) is 6.20 Å². The minimum Gasteiger partial charge on any atom is -0.369 e. The summed E-state index contributed by atoms with van der Waals surface area (Å²) in [6.45, 7) is 1.88. The number of aromatic nitrogens is 2. The van der Waals surface area contributed by atoms with Crippen LogP contribution in [-0.4, -0.2) is 9.97 Å². The Balaban J connectivity index is 0. The molecule has 0 bridgehead atoms. The molecule has 3 N–H and O–H groups in total. The van der Waals surface area contributed by atoms with Crippen molar-refractivity contribution in [1.82, 2.24) is 9.97 Å². The zero-order valence-corrected chi connectivity index (χ0v) is 6.55. The lowest BCUT2D eigenvalue weighted by atomic mass is 10.6. The van der Waals surface area contributed by atoms with Crippen LogP contribution >= 0.6 is 24.8 Å². The van der Waals surface area contributed by atoms with Crippen LogP contribution in [0.15, 0.2) is 6.20 Å². The maximum Gasteiger partial charge on any atom is 0.197 e. The normalized spacial score (nSPS) is 7.22. The molecular formula is C4H9Cl2N3. The molecule has 1 aromatic heterocycles. The average Bonchev–Trinajstić information content (AvgIpc) is 1.87. The Morgan fingerprint density at radius 1 is 1.56 bits per heavy atom. The van der Waals surface area contributed by atoms with Crippen LogP contribution in [0, 0.1) is 6.92 Å². The number of rotatable bonds is 0. The molecule has 0 atom stereocenters. The molecular weight excluding hydrogens is 161 g/mol. The first-order valence-corrected chi connectivity index (χ1v) is 2.06. The summed E-state index contributed by atoms with van der Waals surface area (Å²) < 4.78 is 0. The zero-order valence-electron chi connectivity index (χ0n) is 4.92. The maximum absolute atomic E-state index is 5.21. The van der Waals surface area contributed by atoms with Gasteiger partial charge in [0.25, 0.3) is 0 Å². The van der Waals surface area contributed by atoms with Crippen molar-refractivity contribution in [3.63, 3.8) is 0 Å². The fraction of sp³-hybridized carbons (Fsp3) is 0.250. The van der Waals surface area contributed by atoms with Gasteiger partial charge in [0.15, 0.2) is 5.95 Å². The van der Waals surface area contributed by atoms with Crippen LogP contribution in [0.2, 0.25) is 0 Å². The highest BCUT2D eigenvalue weighted by Crippen LogP contribution is 1.92. The first kappa shape index (κ1) is 11.4. The second-order valence-corrected chi connectivity index (χ2v) is 1.43. The van der Waals surface area contributed by atoms with Crippen molar-refractivity contribution in [1.29, 1.82) is 0 Å². The number of imidazole rings is 1. The third kappa shape index (κ3) is 3.21. The third-order valence-corrected chi connectivity index (χ3v) is 0.726. The summed E-state index contributed by atoms with van der Waals surface area (Å²) >= 11 is 0. The molecule has 1 heterocycles. The lowest BCUT2D eigenvalue weighted by molar-refractivity contribution is 1.26. The van der Waals surface area contributed by atoms with Gasteiger partial charge in [-0.1, -0.05) is 0 Å². The molecule has 1 rings (SSSR count). The van der Waals surface area contributed by atoms with E-state index >= 15 is 0 Å². The molecule has 0 aliphatic carbocycles. The van der Waals surface area contributed by atoms with E-state index in [4.69, 9.17) is 5.73 Å². The number of nitrogens with two attached hydrogens (primary N) is 1. The number of nitrogens with one attached hydrogen (secondary N) is 1. The van der Waals surface area contributed by atoms with E-state index in [2.05, 4.69) is 9.97 Å². The van der Waals surface area contributed by atoms with E-state index in [1.807, 2.05) is 6.92 Å². The SMILES string of the molecule is Cc1c[nH]c(N)n1.Cl.Cl. The zero-order chi connectivity index (χ0) is 5.28. The maximum atomic E-state index is 5.21. The number of hydrogen-bond donors (Lipinski definition) is 2. The highest BCUT2D eigenvalue weighted by molar-refractivity contribution is 5.85. The number of anilines is 1. The third-order valence-electron chi connectivity index (χ3n) is 0.726. The van der Waals surface area contributed by atoms with Crippen LogP contribution in [0.25, 0.3) is 0 Å². The minimum atomic E-state index is 0. The van der Waals surface area contributed by atoms with Crippen molar-refractivity contribution in [2.24, 2.45) is 0 Å². The fourth-order valence-electron chi connectivity index (χ4n) is 0.433. The van der Waals surface area contributed by atoms with E-state index in [0.717, 1.165) is 5.69 Å². The molecule has 0 aliphatic heterocycles. The minimum absolute atomic E-state index is 0. The van der Waals surface area contributed by atoms with Crippen molar-refractivity contribution in [3.05, 3.63) is 11.9 Å². The fourth-order valence-corrected chi connectivity index (χ4v) is 0.433. The molecule has 9 heavy (non-hydrogen) atoms. The smallest absolute Gasteiger partial charge is 0.197 e. The number of halogens is 2. The second kappa shape index (κ2) is 4.47. The summed E-state index contributed by atoms with van der Waals surface area (Å²) in [6, 6.07) is 0. The van der Waals surface area contributed by atoms with Gasteiger partial charge in [-0.15, -0.1) is 24.8 Å². The predicted molar refractivity (Wildman–Crippen MR) is 42.2 cm³/mol. The number of nitrogen functional groups attached to an aromatic ring is 1. The number of aromatic amines is 1. The number of nitrogens with zero attached hydrogens (tertiary/aromatic N) is 1. The Hall–Kier alpha value is -0.410. The lowest BCUT2D eigenvalue weighted by Gasteiger charge is -1.72. The van der Waals surface area contributed by atoms with Gasteiger partial charge in [-0.25, -0.2) is 4.98 Å². The van der Waals surface area contributed by atoms with Crippen molar-refractivity contribution in [2.45, 2.75) is 6.92 Å². The van der Waals surface area contributed by atoms with E-state index in [0.29, 0.717) is 5.95 Å². The van der Waals surface area contributed by atoms with Crippen LogP contribution in [0.5, 0.6) is 0 Å².